The Morgan fingerprint density at radius 3 is 2.37 bits per heavy atom. The molecule has 0 saturated carbocycles. The highest BCUT2D eigenvalue weighted by molar-refractivity contribution is 9.10. The van der Waals surface area contributed by atoms with Crippen LogP contribution in [0.2, 0.25) is 0 Å². The topological polar surface area (TPSA) is 29.1 Å². The van der Waals surface area contributed by atoms with E-state index < -0.39 is 0 Å². The summed E-state index contributed by atoms with van der Waals surface area (Å²) in [7, 11) is 0. The molecule has 0 spiro atoms. The van der Waals surface area contributed by atoms with Gasteiger partial charge in [0.05, 0.1) is 5.25 Å². The Morgan fingerprint density at radius 2 is 1.74 bits per heavy atom. The highest BCUT2D eigenvalue weighted by Crippen LogP contribution is 2.16. The normalized spacial score (nSPS) is 11.9. The number of hydrogen-bond donors (Lipinski definition) is 2. The standard InChI is InChI=1S/C15H14BrNOS/c16-12-6-8-13(9-7-12)17-15(18)14(19)10-11-4-2-1-3-5-11/h1-9,14,19H,10H2,(H,17,18). The molecule has 1 unspecified atom stereocenters. The minimum atomic E-state index is -0.356. The first-order chi connectivity index (χ1) is 9.15. The Hall–Kier alpha value is -1.26. The molecule has 2 rings (SSSR count). The van der Waals surface area contributed by atoms with Gasteiger partial charge in [-0.1, -0.05) is 46.3 Å². The van der Waals surface area contributed by atoms with Gasteiger partial charge < -0.3 is 5.32 Å². The quantitative estimate of drug-likeness (QED) is 0.814. The van der Waals surface area contributed by atoms with Crippen LogP contribution in [0.4, 0.5) is 5.69 Å². The molecule has 0 aliphatic heterocycles. The van der Waals surface area contributed by atoms with Gasteiger partial charge in [0.15, 0.2) is 0 Å². The second-order valence-electron chi connectivity index (χ2n) is 4.20. The van der Waals surface area contributed by atoms with Crippen molar-refractivity contribution in [1.82, 2.24) is 0 Å². The molecule has 2 nitrogen and oxygen atoms in total. The van der Waals surface area contributed by atoms with Crippen LogP contribution in [0.3, 0.4) is 0 Å². The number of rotatable bonds is 4. The smallest absolute Gasteiger partial charge is 0.237 e. The van der Waals surface area contributed by atoms with E-state index in [-0.39, 0.29) is 11.2 Å². The van der Waals surface area contributed by atoms with Gasteiger partial charge in [-0.05, 0) is 36.2 Å². The SMILES string of the molecule is O=C(Nc1ccc(Br)cc1)C(S)Cc1ccccc1. The molecule has 0 aromatic heterocycles. The second kappa shape index (κ2) is 6.78. The van der Waals surface area contributed by atoms with Gasteiger partial charge in [-0.15, -0.1) is 0 Å². The van der Waals surface area contributed by atoms with Crippen LogP contribution in [0, 0.1) is 0 Å². The lowest BCUT2D eigenvalue weighted by molar-refractivity contribution is -0.115. The molecule has 98 valence electrons. The summed E-state index contributed by atoms with van der Waals surface area (Å²) in [6.07, 6.45) is 0.617. The lowest BCUT2D eigenvalue weighted by Crippen LogP contribution is -2.25. The minimum Gasteiger partial charge on any atom is -0.325 e. The zero-order chi connectivity index (χ0) is 13.7. The highest BCUT2D eigenvalue weighted by atomic mass is 79.9. The van der Waals surface area contributed by atoms with Crippen molar-refractivity contribution < 1.29 is 4.79 Å². The van der Waals surface area contributed by atoms with E-state index in [2.05, 4.69) is 33.9 Å². The van der Waals surface area contributed by atoms with E-state index in [4.69, 9.17) is 0 Å². The zero-order valence-corrected chi connectivity index (χ0v) is 12.7. The Kier molecular flexibility index (Phi) is 5.05. The Labute approximate surface area is 126 Å². The Balaban J connectivity index is 1.94. The molecule has 4 heteroatoms. The predicted octanol–water partition coefficient (Wildman–Crippen LogP) is 3.93. The van der Waals surface area contributed by atoms with Gasteiger partial charge in [0.2, 0.25) is 5.91 Å². The van der Waals surface area contributed by atoms with Gasteiger partial charge in [-0.25, -0.2) is 0 Å². The lowest BCUT2D eigenvalue weighted by Gasteiger charge is -2.11. The van der Waals surface area contributed by atoms with Crippen molar-refractivity contribution in [1.29, 1.82) is 0 Å². The van der Waals surface area contributed by atoms with Crippen molar-refractivity contribution in [3.05, 3.63) is 64.6 Å². The van der Waals surface area contributed by atoms with Crippen molar-refractivity contribution in [3.63, 3.8) is 0 Å². The maximum Gasteiger partial charge on any atom is 0.237 e. The number of anilines is 1. The van der Waals surface area contributed by atoms with Crippen molar-refractivity contribution >= 4 is 40.2 Å². The van der Waals surface area contributed by atoms with Gasteiger partial charge >= 0.3 is 0 Å². The predicted molar refractivity (Wildman–Crippen MR) is 85.7 cm³/mol. The van der Waals surface area contributed by atoms with Crippen molar-refractivity contribution in [2.75, 3.05) is 5.32 Å². The summed E-state index contributed by atoms with van der Waals surface area (Å²) < 4.78 is 0.984. The molecule has 0 heterocycles. The molecule has 1 atom stereocenters. The molecule has 19 heavy (non-hydrogen) atoms. The van der Waals surface area contributed by atoms with Crippen LogP contribution >= 0.6 is 28.6 Å². The van der Waals surface area contributed by atoms with E-state index in [9.17, 15) is 4.79 Å². The van der Waals surface area contributed by atoms with Crippen LogP contribution in [0.1, 0.15) is 5.56 Å². The molecular weight excluding hydrogens is 322 g/mol. The van der Waals surface area contributed by atoms with E-state index in [0.717, 1.165) is 15.7 Å². The molecule has 0 bridgehead atoms. The van der Waals surface area contributed by atoms with Crippen molar-refractivity contribution in [3.8, 4) is 0 Å². The number of amides is 1. The number of carbonyl (C=O) groups excluding carboxylic acids is 1. The summed E-state index contributed by atoms with van der Waals surface area (Å²) >= 11 is 7.72. The molecule has 2 aromatic carbocycles. The van der Waals surface area contributed by atoms with Crippen LogP contribution in [0.5, 0.6) is 0 Å². The molecule has 0 aliphatic carbocycles. The third-order valence-corrected chi connectivity index (χ3v) is 3.63. The number of carbonyl (C=O) groups is 1. The zero-order valence-electron chi connectivity index (χ0n) is 10.2. The molecule has 0 fully saturated rings. The van der Waals surface area contributed by atoms with Gasteiger partial charge in [0.25, 0.3) is 0 Å². The van der Waals surface area contributed by atoms with Crippen molar-refractivity contribution in [2.45, 2.75) is 11.7 Å². The van der Waals surface area contributed by atoms with Crippen LogP contribution < -0.4 is 5.32 Å². The fraction of sp³-hybridized carbons (Fsp3) is 0.133. The largest absolute Gasteiger partial charge is 0.325 e. The summed E-state index contributed by atoms with van der Waals surface area (Å²) in [4.78, 5) is 12.0. The van der Waals surface area contributed by atoms with Crippen LogP contribution in [0.15, 0.2) is 59.1 Å². The first kappa shape index (κ1) is 14.2. The molecular formula is C15H14BrNOS. The molecule has 0 aliphatic rings. The molecule has 2 aromatic rings. The molecule has 1 amide bonds. The van der Waals surface area contributed by atoms with Gasteiger partial charge in [-0.3, -0.25) is 4.79 Å². The van der Waals surface area contributed by atoms with E-state index >= 15 is 0 Å². The Bertz CT molecular complexity index is 542. The maximum absolute atomic E-state index is 12.0. The number of nitrogens with one attached hydrogen (secondary N) is 1. The monoisotopic (exact) mass is 335 g/mol. The van der Waals surface area contributed by atoms with Gasteiger partial charge in [-0.2, -0.15) is 12.6 Å². The highest BCUT2D eigenvalue weighted by Gasteiger charge is 2.14. The number of hydrogen-bond acceptors (Lipinski definition) is 2. The Morgan fingerprint density at radius 1 is 1.11 bits per heavy atom. The van der Waals surface area contributed by atoms with Crippen LogP contribution in [0.25, 0.3) is 0 Å². The van der Waals surface area contributed by atoms with Gasteiger partial charge in [0, 0.05) is 10.2 Å². The summed E-state index contributed by atoms with van der Waals surface area (Å²) in [5, 5.41) is 2.50. The number of halogens is 1. The number of thiol groups is 1. The van der Waals surface area contributed by atoms with E-state index in [1.165, 1.54) is 0 Å². The van der Waals surface area contributed by atoms with Gasteiger partial charge in [0.1, 0.15) is 0 Å². The molecule has 0 saturated heterocycles. The molecule has 0 radical (unpaired) electrons. The van der Waals surface area contributed by atoms with Crippen LogP contribution in [-0.2, 0) is 11.2 Å². The summed E-state index contributed by atoms with van der Waals surface area (Å²) in [6, 6.07) is 17.4. The fourth-order valence-corrected chi connectivity index (χ4v) is 2.23. The summed E-state index contributed by atoms with van der Waals surface area (Å²) in [5.74, 6) is -0.0884. The first-order valence-corrected chi connectivity index (χ1v) is 7.24. The third kappa shape index (κ3) is 4.40. The fourth-order valence-electron chi connectivity index (χ4n) is 1.69. The first-order valence-electron chi connectivity index (χ1n) is 5.93. The summed E-state index contributed by atoms with van der Waals surface area (Å²) in [6.45, 7) is 0. The second-order valence-corrected chi connectivity index (χ2v) is 5.74. The summed E-state index contributed by atoms with van der Waals surface area (Å²) in [5.41, 5.74) is 1.88. The van der Waals surface area contributed by atoms with E-state index in [0.29, 0.717) is 6.42 Å². The average molecular weight is 336 g/mol. The van der Waals surface area contributed by atoms with Crippen LogP contribution in [-0.4, -0.2) is 11.2 Å². The number of benzene rings is 2. The third-order valence-electron chi connectivity index (χ3n) is 2.69. The van der Waals surface area contributed by atoms with E-state index in [1.807, 2.05) is 54.6 Å². The maximum atomic E-state index is 12.0. The van der Waals surface area contributed by atoms with Crippen molar-refractivity contribution in [2.24, 2.45) is 0 Å². The lowest BCUT2D eigenvalue weighted by atomic mass is 10.1. The minimum absolute atomic E-state index is 0.0884. The molecule has 1 N–H and O–H groups in total. The van der Waals surface area contributed by atoms with E-state index in [1.54, 1.807) is 0 Å². The average Bonchev–Trinajstić information content (AvgIpc) is 2.42.